The van der Waals surface area contributed by atoms with Crippen molar-refractivity contribution >= 4 is 28.3 Å². The lowest BCUT2D eigenvalue weighted by molar-refractivity contribution is 0.102. The number of benzene rings is 1. The molecule has 0 radical (unpaired) electrons. The summed E-state index contributed by atoms with van der Waals surface area (Å²) in [5, 5.41) is 3.42. The van der Waals surface area contributed by atoms with Crippen LogP contribution in [0.2, 0.25) is 0 Å². The van der Waals surface area contributed by atoms with Crippen molar-refractivity contribution in [1.29, 1.82) is 0 Å². The number of carbonyl (C=O) groups is 1. The summed E-state index contributed by atoms with van der Waals surface area (Å²) in [6.45, 7) is 3.77. The van der Waals surface area contributed by atoms with Crippen LogP contribution in [0.25, 0.3) is 10.9 Å². The van der Waals surface area contributed by atoms with Crippen LogP contribution in [-0.2, 0) is 0 Å². The second kappa shape index (κ2) is 6.72. The summed E-state index contributed by atoms with van der Waals surface area (Å²) in [4.78, 5) is 36.0. The maximum atomic E-state index is 12.9. The van der Waals surface area contributed by atoms with E-state index in [0.29, 0.717) is 23.2 Å². The topological polar surface area (TPSA) is 78.1 Å². The quantitative estimate of drug-likeness (QED) is 0.713. The molecule has 148 valence electrons. The Morgan fingerprint density at radius 3 is 2.52 bits per heavy atom. The summed E-state index contributed by atoms with van der Waals surface area (Å²) in [5.41, 5.74) is 2.82. The van der Waals surface area contributed by atoms with Crippen molar-refractivity contribution in [3.8, 4) is 0 Å². The first-order chi connectivity index (χ1) is 14.0. The second-order valence-corrected chi connectivity index (χ2v) is 8.16. The molecule has 2 aromatic heterocycles. The van der Waals surface area contributed by atoms with Gasteiger partial charge in [0, 0.05) is 29.2 Å². The van der Waals surface area contributed by atoms with E-state index in [1.54, 1.807) is 0 Å². The van der Waals surface area contributed by atoms with Crippen molar-refractivity contribution < 1.29 is 4.79 Å². The Morgan fingerprint density at radius 1 is 1.10 bits per heavy atom. The number of carbonyl (C=O) groups excluding carboxylic acids is 1. The molecule has 29 heavy (non-hydrogen) atoms. The Bertz CT molecular complexity index is 1160. The lowest BCUT2D eigenvalue weighted by Crippen LogP contribution is -2.29. The fraction of sp³-hybridized carbons (Fsp3) is 0.348. The number of aromatic amines is 1. The minimum absolute atomic E-state index is 0.105. The number of aromatic nitrogens is 2. The van der Waals surface area contributed by atoms with Gasteiger partial charge in [0.15, 0.2) is 0 Å². The Kier molecular flexibility index (Phi) is 4.15. The molecular formula is C23H24N4O2. The number of anilines is 2. The number of nitrogens with zero attached hydrogens (tertiary/aromatic N) is 2. The van der Waals surface area contributed by atoms with Gasteiger partial charge in [-0.1, -0.05) is 12.1 Å². The molecule has 2 saturated heterocycles. The van der Waals surface area contributed by atoms with Gasteiger partial charge in [-0.3, -0.25) is 9.59 Å². The Balaban J connectivity index is 1.43. The highest BCUT2D eigenvalue weighted by Gasteiger charge is 2.39. The molecule has 2 N–H and O–H groups in total. The van der Waals surface area contributed by atoms with Crippen LogP contribution in [0.1, 0.15) is 47.3 Å². The van der Waals surface area contributed by atoms with Gasteiger partial charge in [0.2, 0.25) is 5.43 Å². The van der Waals surface area contributed by atoms with E-state index in [9.17, 15) is 9.59 Å². The van der Waals surface area contributed by atoms with Crippen LogP contribution in [0.3, 0.4) is 0 Å². The summed E-state index contributed by atoms with van der Waals surface area (Å²) >= 11 is 0. The van der Waals surface area contributed by atoms with Crippen LogP contribution in [0.5, 0.6) is 0 Å². The van der Waals surface area contributed by atoms with Gasteiger partial charge < -0.3 is 15.2 Å². The normalized spacial score (nSPS) is 20.4. The molecule has 0 unspecified atom stereocenters. The van der Waals surface area contributed by atoms with Crippen LogP contribution >= 0.6 is 0 Å². The van der Waals surface area contributed by atoms with Crippen molar-refractivity contribution in [2.75, 3.05) is 10.2 Å². The average molecular weight is 388 g/mol. The summed E-state index contributed by atoms with van der Waals surface area (Å²) < 4.78 is 0. The van der Waals surface area contributed by atoms with E-state index in [1.807, 2.05) is 44.2 Å². The van der Waals surface area contributed by atoms with Gasteiger partial charge >= 0.3 is 0 Å². The minimum atomic E-state index is -0.421. The molecule has 2 bridgehead atoms. The molecule has 3 aromatic rings. The smallest absolute Gasteiger partial charge is 0.261 e. The fourth-order valence-corrected chi connectivity index (χ4v) is 4.91. The largest absolute Gasteiger partial charge is 0.360 e. The number of rotatable bonds is 3. The van der Waals surface area contributed by atoms with Gasteiger partial charge in [-0.25, -0.2) is 4.98 Å². The van der Waals surface area contributed by atoms with Crippen molar-refractivity contribution in [3.05, 3.63) is 63.6 Å². The lowest BCUT2D eigenvalue weighted by atomic mass is 10.0. The first-order valence-electron chi connectivity index (χ1n) is 10.2. The monoisotopic (exact) mass is 388 g/mol. The standard InChI is InChI=1S/C23H24N4O2/c1-13-4-3-5-19-21(13)22(28)17(12-24-19)23(29)26-18-10-11-20(25-14(18)2)27-15-6-7-16(27)9-8-15/h3-5,10-12,15-16H,6-9H2,1-2H3,(H,24,28)(H,26,29). The molecule has 0 saturated carbocycles. The van der Waals surface area contributed by atoms with Gasteiger partial charge in [-0.15, -0.1) is 0 Å². The second-order valence-electron chi connectivity index (χ2n) is 8.16. The summed E-state index contributed by atoms with van der Waals surface area (Å²) in [6.07, 6.45) is 6.46. The first kappa shape index (κ1) is 17.9. The molecule has 2 aliphatic heterocycles. The molecule has 1 aromatic carbocycles. The maximum absolute atomic E-state index is 12.9. The zero-order chi connectivity index (χ0) is 20.1. The van der Waals surface area contributed by atoms with E-state index in [0.717, 1.165) is 22.6 Å². The van der Waals surface area contributed by atoms with Gasteiger partial charge in [0.05, 0.1) is 11.4 Å². The van der Waals surface area contributed by atoms with E-state index in [2.05, 4.69) is 15.2 Å². The molecule has 5 rings (SSSR count). The highest BCUT2D eigenvalue weighted by Crippen LogP contribution is 2.40. The van der Waals surface area contributed by atoms with Crippen molar-refractivity contribution in [3.63, 3.8) is 0 Å². The van der Waals surface area contributed by atoms with Crippen molar-refractivity contribution in [1.82, 2.24) is 9.97 Å². The molecule has 2 fully saturated rings. The van der Waals surface area contributed by atoms with Crippen molar-refractivity contribution in [2.24, 2.45) is 0 Å². The molecule has 0 spiro atoms. The predicted octanol–water partition coefficient (Wildman–Crippen LogP) is 3.92. The van der Waals surface area contributed by atoms with E-state index < -0.39 is 5.91 Å². The third-order valence-electron chi connectivity index (χ3n) is 6.40. The molecule has 0 aliphatic carbocycles. The molecule has 1 amide bonds. The lowest BCUT2D eigenvalue weighted by Gasteiger charge is -2.24. The van der Waals surface area contributed by atoms with Crippen LogP contribution in [0.15, 0.2) is 41.3 Å². The molecule has 6 heteroatoms. The highest BCUT2D eigenvalue weighted by atomic mass is 16.2. The minimum Gasteiger partial charge on any atom is -0.360 e. The third-order valence-corrected chi connectivity index (χ3v) is 6.40. The zero-order valence-corrected chi connectivity index (χ0v) is 16.7. The van der Waals surface area contributed by atoms with Gasteiger partial charge in [-0.2, -0.15) is 0 Å². The number of H-pyrrole nitrogens is 1. The number of amides is 1. The molecular weight excluding hydrogens is 364 g/mol. The molecule has 6 nitrogen and oxygen atoms in total. The van der Waals surface area contributed by atoms with Crippen molar-refractivity contribution in [2.45, 2.75) is 51.6 Å². The Labute approximate surface area is 169 Å². The number of pyridine rings is 2. The highest BCUT2D eigenvalue weighted by molar-refractivity contribution is 6.06. The Hall–Kier alpha value is -3.15. The van der Waals surface area contributed by atoms with E-state index in [4.69, 9.17) is 4.98 Å². The predicted molar refractivity (Wildman–Crippen MR) is 115 cm³/mol. The molecule has 0 atom stereocenters. The van der Waals surface area contributed by atoms with Crippen LogP contribution in [0, 0.1) is 13.8 Å². The Morgan fingerprint density at radius 2 is 1.83 bits per heavy atom. The fourth-order valence-electron chi connectivity index (χ4n) is 4.91. The number of nitrogens with one attached hydrogen (secondary N) is 2. The number of fused-ring (bicyclic) bond motifs is 3. The van der Waals surface area contributed by atoms with E-state index in [1.165, 1.54) is 31.9 Å². The van der Waals surface area contributed by atoms with Crippen LogP contribution < -0.4 is 15.6 Å². The van der Waals surface area contributed by atoms with Gasteiger partial charge in [0.1, 0.15) is 11.4 Å². The van der Waals surface area contributed by atoms with E-state index >= 15 is 0 Å². The van der Waals surface area contributed by atoms with E-state index in [-0.39, 0.29) is 11.0 Å². The number of aryl methyl sites for hydroxylation is 2. The average Bonchev–Trinajstić information content (AvgIpc) is 3.30. The van der Waals surface area contributed by atoms with Crippen LogP contribution in [-0.4, -0.2) is 28.0 Å². The summed E-state index contributed by atoms with van der Waals surface area (Å²) in [7, 11) is 0. The summed E-state index contributed by atoms with van der Waals surface area (Å²) in [6, 6.07) is 10.7. The first-order valence-corrected chi connectivity index (χ1v) is 10.2. The SMILES string of the molecule is Cc1nc(N2C3CCC2CC3)ccc1NC(=O)c1c[nH]c2cccc(C)c2c1=O. The third kappa shape index (κ3) is 2.90. The maximum Gasteiger partial charge on any atom is 0.261 e. The zero-order valence-electron chi connectivity index (χ0n) is 16.7. The van der Waals surface area contributed by atoms with Gasteiger partial charge in [0.25, 0.3) is 5.91 Å². The molecule has 4 heterocycles. The number of hydrogen-bond donors (Lipinski definition) is 2. The van der Waals surface area contributed by atoms with Gasteiger partial charge in [-0.05, 0) is 63.3 Å². The molecule has 2 aliphatic rings. The summed E-state index contributed by atoms with van der Waals surface area (Å²) in [5.74, 6) is 0.569. The van der Waals surface area contributed by atoms with Crippen LogP contribution in [0.4, 0.5) is 11.5 Å². The number of hydrogen-bond acceptors (Lipinski definition) is 4.